The highest BCUT2D eigenvalue weighted by Gasteiger charge is 2.14. The number of ether oxygens (including phenoxy) is 2. The second-order valence-corrected chi connectivity index (χ2v) is 3.96. The molecular formula is C14H17NO3. The first-order valence-electron chi connectivity index (χ1n) is 6.06. The summed E-state index contributed by atoms with van der Waals surface area (Å²) in [6, 6.07) is 7.62. The molecule has 4 nitrogen and oxygen atoms in total. The van der Waals surface area contributed by atoms with Crippen LogP contribution in [0.25, 0.3) is 10.9 Å². The Bertz CT molecular complexity index is 572. The van der Waals surface area contributed by atoms with Crippen LogP contribution in [0.2, 0.25) is 0 Å². The van der Waals surface area contributed by atoms with E-state index in [1.165, 1.54) is 0 Å². The summed E-state index contributed by atoms with van der Waals surface area (Å²) in [5, 5.41) is 1.00. The van der Waals surface area contributed by atoms with Gasteiger partial charge in [0.15, 0.2) is 0 Å². The number of aromatic nitrogens is 1. The van der Waals surface area contributed by atoms with E-state index >= 15 is 0 Å². The van der Waals surface area contributed by atoms with Crippen molar-refractivity contribution in [3.05, 3.63) is 30.0 Å². The van der Waals surface area contributed by atoms with Gasteiger partial charge < -0.3 is 14.0 Å². The minimum absolute atomic E-state index is 0.297. The molecule has 0 aliphatic carbocycles. The fourth-order valence-electron chi connectivity index (χ4n) is 1.97. The van der Waals surface area contributed by atoms with Gasteiger partial charge in [-0.1, -0.05) is 0 Å². The van der Waals surface area contributed by atoms with Gasteiger partial charge in [-0.05, 0) is 32.0 Å². The number of fused-ring (bicyclic) bond motifs is 1. The second kappa shape index (κ2) is 5.12. The Morgan fingerprint density at radius 1 is 1.22 bits per heavy atom. The molecule has 0 saturated heterocycles. The lowest BCUT2D eigenvalue weighted by atomic mass is 10.2. The number of aryl methyl sites for hydroxylation is 1. The molecule has 0 bridgehead atoms. The molecule has 0 saturated carbocycles. The highest BCUT2D eigenvalue weighted by atomic mass is 16.5. The van der Waals surface area contributed by atoms with Gasteiger partial charge in [0.2, 0.25) is 0 Å². The Morgan fingerprint density at radius 2 is 2.00 bits per heavy atom. The quantitative estimate of drug-likeness (QED) is 0.780. The van der Waals surface area contributed by atoms with Crippen molar-refractivity contribution >= 4 is 16.9 Å². The van der Waals surface area contributed by atoms with Crippen LogP contribution < -0.4 is 4.74 Å². The minimum Gasteiger partial charge on any atom is -0.494 e. The van der Waals surface area contributed by atoms with Crippen molar-refractivity contribution in [1.29, 1.82) is 0 Å². The molecule has 96 valence electrons. The average Bonchev–Trinajstić information content (AvgIpc) is 2.68. The molecule has 0 spiro atoms. The van der Waals surface area contributed by atoms with Gasteiger partial charge >= 0.3 is 5.97 Å². The van der Waals surface area contributed by atoms with Crippen LogP contribution in [0, 0.1) is 0 Å². The smallest absolute Gasteiger partial charge is 0.354 e. The van der Waals surface area contributed by atoms with Crippen molar-refractivity contribution < 1.29 is 14.3 Å². The molecule has 4 heteroatoms. The van der Waals surface area contributed by atoms with Gasteiger partial charge in [-0.3, -0.25) is 0 Å². The third-order valence-electron chi connectivity index (χ3n) is 2.81. The van der Waals surface area contributed by atoms with Crippen molar-refractivity contribution in [3.8, 4) is 5.75 Å². The topological polar surface area (TPSA) is 40.5 Å². The monoisotopic (exact) mass is 247 g/mol. The molecule has 1 aromatic heterocycles. The summed E-state index contributed by atoms with van der Waals surface area (Å²) in [7, 11) is 1.85. The van der Waals surface area contributed by atoms with E-state index in [1.807, 2.05) is 42.8 Å². The second-order valence-electron chi connectivity index (χ2n) is 3.96. The van der Waals surface area contributed by atoms with E-state index in [1.54, 1.807) is 6.92 Å². The zero-order chi connectivity index (χ0) is 13.1. The summed E-state index contributed by atoms with van der Waals surface area (Å²) in [6.07, 6.45) is 0. The predicted octanol–water partition coefficient (Wildman–Crippen LogP) is 2.75. The van der Waals surface area contributed by atoms with E-state index in [2.05, 4.69) is 0 Å². The third-order valence-corrected chi connectivity index (χ3v) is 2.81. The Balaban J connectivity index is 2.46. The van der Waals surface area contributed by atoms with Crippen molar-refractivity contribution in [2.45, 2.75) is 13.8 Å². The highest BCUT2D eigenvalue weighted by molar-refractivity contribution is 5.95. The first-order valence-corrected chi connectivity index (χ1v) is 6.06. The van der Waals surface area contributed by atoms with Crippen LogP contribution in [0.1, 0.15) is 24.3 Å². The number of esters is 1. The lowest BCUT2D eigenvalue weighted by Gasteiger charge is -2.05. The molecule has 0 N–H and O–H groups in total. The first-order chi connectivity index (χ1) is 8.67. The molecule has 0 atom stereocenters. The van der Waals surface area contributed by atoms with Crippen LogP contribution in [0.15, 0.2) is 24.3 Å². The number of carbonyl (C=O) groups excluding carboxylic acids is 1. The Hall–Kier alpha value is -1.97. The van der Waals surface area contributed by atoms with Gasteiger partial charge in [0.1, 0.15) is 11.4 Å². The fraction of sp³-hybridized carbons (Fsp3) is 0.357. The lowest BCUT2D eigenvalue weighted by molar-refractivity contribution is 0.0516. The average molecular weight is 247 g/mol. The van der Waals surface area contributed by atoms with Crippen LogP contribution in [0.5, 0.6) is 5.75 Å². The van der Waals surface area contributed by atoms with Gasteiger partial charge in [-0.2, -0.15) is 0 Å². The number of rotatable bonds is 4. The standard InChI is InChI=1S/C14H17NO3/c1-4-17-11-7-6-10-8-13(14(16)18-5-2)15(3)12(10)9-11/h6-9H,4-5H2,1-3H3. The molecule has 18 heavy (non-hydrogen) atoms. The van der Waals surface area contributed by atoms with Crippen molar-refractivity contribution in [2.75, 3.05) is 13.2 Å². The molecule has 2 rings (SSSR count). The molecule has 1 aromatic carbocycles. The summed E-state index contributed by atoms with van der Waals surface area (Å²) >= 11 is 0. The summed E-state index contributed by atoms with van der Waals surface area (Å²) in [4.78, 5) is 11.8. The van der Waals surface area contributed by atoms with Gasteiger partial charge in [0.05, 0.1) is 18.7 Å². The summed E-state index contributed by atoms with van der Waals surface area (Å²) in [5.74, 6) is 0.510. The molecule has 0 aliphatic rings. The van der Waals surface area contributed by atoms with E-state index in [4.69, 9.17) is 9.47 Å². The maximum atomic E-state index is 11.8. The SMILES string of the molecule is CCOC(=O)c1cc2ccc(OCC)cc2n1C. The Labute approximate surface area is 106 Å². The van der Waals surface area contributed by atoms with E-state index in [9.17, 15) is 4.79 Å². The van der Waals surface area contributed by atoms with Crippen molar-refractivity contribution in [1.82, 2.24) is 4.57 Å². The van der Waals surface area contributed by atoms with Gasteiger partial charge in [0.25, 0.3) is 0 Å². The maximum Gasteiger partial charge on any atom is 0.354 e. The van der Waals surface area contributed by atoms with E-state index in [-0.39, 0.29) is 5.97 Å². The molecular weight excluding hydrogens is 230 g/mol. The van der Waals surface area contributed by atoms with Crippen LogP contribution in [-0.4, -0.2) is 23.8 Å². The summed E-state index contributed by atoms with van der Waals surface area (Å²) in [6.45, 7) is 4.75. The van der Waals surface area contributed by atoms with Gasteiger partial charge in [-0.15, -0.1) is 0 Å². The maximum absolute atomic E-state index is 11.8. The normalized spacial score (nSPS) is 10.6. The number of carbonyl (C=O) groups is 1. The number of benzene rings is 1. The molecule has 1 heterocycles. The van der Waals surface area contributed by atoms with Gasteiger partial charge in [-0.25, -0.2) is 4.79 Å². The summed E-state index contributed by atoms with van der Waals surface area (Å²) in [5.41, 5.74) is 1.52. The molecule has 0 amide bonds. The third kappa shape index (κ3) is 2.18. The highest BCUT2D eigenvalue weighted by Crippen LogP contribution is 2.24. The van der Waals surface area contributed by atoms with Crippen LogP contribution in [-0.2, 0) is 11.8 Å². The van der Waals surface area contributed by atoms with Crippen molar-refractivity contribution in [2.24, 2.45) is 7.05 Å². The molecule has 0 unspecified atom stereocenters. The molecule has 2 aromatic rings. The van der Waals surface area contributed by atoms with Crippen molar-refractivity contribution in [3.63, 3.8) is 0 Å². The number of nitrogens with zero attached hydrogens (tertiary/aromatic N) is 1. The molecule has 0 fully saturated rings. The number of hydrogen-bond donors (Lipinski definition) is 0. The van der Waals surface area contributed by atoms with Crippen LogP contribution in [0.4, 0.5) is 0 Å². The first kappa shape index (κ1) is 12.5. The number of hydrogen-bond acceptors (Lipinski definition) is 3. The zero-order valence-electron chi connectivity index (χ0n) is 10.9. The minimum atomic E-state index is -0.297. The predicted molar refractivity (Wildman–Crippen MR) is 70.0 cm³/mol. The fourth-order valence-corrected chi connectivity index (χ4v) is 1.97. The Morgan fingerprint density at radius 3 is 2.67 bits per heavy atom. The lowest BCUT2D eigenvalue weighted by Crippen LogP contribution is -2.09. The largest absolute Gasteiger partial charge is 0.494 e. The Kier molecular flexibility index (Phi) is 3.55. The molecule has 0 aliphatic heterocycles. The van der Waals surface area contributed by atoms with Gasteiger partial charge in [0, 0.05) is 18.5 Å². The summed E-state index contributed by atoms with van der Waals surface area (Å²) < 4.78 is 12.3. The van der Waals surface area contributed by atoms with Crippen LogP contribution in [0.3, 0.4) is 0 Å². The zero-order valence-corrected chi connectivity index (χ0v) is 10.9. The van der Waals surface area contributed by atoms with E-state index in [0.29, 0.717) is 18.9 Å². The van der Waals surface area contributed by atoms with Crippen LogP contribution >= 0.6 is 0 Å². The molecule has 0 radical (unpaired) electrons. The van der Waals surface area contributed by atoms with E-state index in [0.717, 1.165) is 16.7 Å². The van der Waals surface area contributed by atoms with E-state index < -0.39 is 0 Å².